The molecule has 14 heavy (non-hydrogen) atoms. The maximum atomic E-state index is 12.4. The van der Waals surface area contributed by atoms with Gasteiger partial charge in [-0.25, -0.2) is 13.8 Å². The van der Waals surface area contributed by atoms with Crippen LogP contribution in [0, 0.1) is 0 Å². The van der Waals surface area contributed by atoms with Crippen molar-refractivity contribution < 1.29 is 18.7 Å². The molecular formula is C8H6BrF2NO2. The molecule has 1 aromatic heterocycles. The van der Waals surface area contributed by atoms with Crippen molar-refractivity contribution in [2.75, 3.05) is 0 Å². The Morgan fingerprint density at radius 2 is 2.29 bits per heavy atom. The predicted molar refractivity (Wildman–Crippen MR) is 48.9 cm³/mol. The maximum Gasteiger partial charge on any atom is 0.265 e. The minimum atomic E-state index is -2.72. The zero-order valence-corrected chi connectivity index (χ0v) is 8.46. The summed E-state index contributed by atoms with van der Waals surface area (Å²) in [7, 11) is 0. The number of pyridine rings is 1. The van der Waals surface area contributed by atoms with Crippen LogP contribution in [0.15, 0.2) is 6.20 Å². The molecule has 0 aliphatic rings. The molecular weight excluding hydrogens is 260 g/mol. The van der Waals surface area contributed by atoms with Crippen LogP contribution in [-0.4, -0.2) is 16.4 Å². The van der Waals surface area contributed by atoms with E-state index in [4.69, 9.17) is 0 Å². The van der Waals surface area contributed by atoms with Gasteiger partial charge in [0.2, 0.25) is 0 Å². The number of aromatic hydroxyl groups is 1. The van der Waals surface area contributed by atoms with Gasteiger partial charge in [-0.05, 0) is 0 Å². The highest BCUT2D eigenvalue weighted by Crippen LogP contribution is 2.31. The number of hydrogen-bond acceptors (Lipinski definition) is 3. The highest BCUT2D eigenvalue weighted by Gasteiger charge is 2.18. The fourth-order valence-electron chi connectivity index (χ4n) is 0.984. The van der Waals surface area contributed by atoms with Gasteiger partial charge >= 0.3 is 0 Å². The van der Waals surface area contributed by atoms with Crippen molar-refractivity contribution in [2.45, 2.75) is 11.8 Å². The summed E-state index contributed by atoms with van der Waals surface area (Å²) in [5, 5.41) is 9.40. The Labute approximate surface area is 86.9 Å². The number of rotatable bonds is 3. The molecule has 1 heterocycles. The summed E-state index contributed by atoms with van der Waals surface area (Å²) in [5.41, 5.74) is -0.606. The fourth-order valence-corrected chi connectivity index (χ4v) is 1.57. The number of nitrogens with zero attached hydrogens (tertiary/aromatic N) is 1. The van der Waals surface area contributed by atoms with E-state index in [0.717, 1.165) is 6.20 Å². The fraction of sp³-hybridized carbons (Fsp3) is 0.250. The molecule has 0 aromatic carbocycles. The topological polar surface area (TPSA) is 50.2 Å². The maximum absolute atomic E-state index is 12.4. The second-order valence-electron chi connectivity index (χ2n) is 2.48. The van der Waals surface area contributed by atoms with Gasteiger partial charge in [0.05, 0.1) is 0 Å². The molecule has 0 radical (unpaired) electrons. The summed E-state index contributed by atoms with van der Waals surface area (Å²) in [5.74, 6) is -0.491. The van der Waals surface area contributed by atoms with Crippen LogP contribution < -0.4 is 0 Å². The molecule has 0 fully saturated rings. The van der Waals surface area contributed by atoms with Crippen LogP contribution >= 0.6 is 15.9 Å². The number of alkyl halides is 3. The Hall–Kier alpha value is -1.04. The van der Waals surface area contributed by atoms with Crippen LogP contribution in [0.5, 0.6) is 5.75 Å². The third-order valence-corrected chi connectivity index (χ3v) is 2.26. The third-order valence-electron chi connectivity index (χ3n) is 1.70. The van der Waals surface area contributed by atoms with Gasteiger partial charge in [-0.2, -0.15) is 0 Å². The van der Waals surface area contributed by atoms with Gasteiger partial charge in [-0.1, -0.05) is 15.9 Å². The van der Waals surface area contributed by atoms with Crippen molar-refractivity contribution in [1.82, 2.24) is 4.98 Å². The Balaban J connectivity index is 3.35. The SMILES string of the molecule is O=Cc1ncc(C(F)F)c(CBr)c1O. The van der Waals surface area contributed by atoms with Gasteiger partial charge in [0.25, 0.3) is 6.43 Å². The van der Waals surface area contributed by atoms with Crippen LogP contribution in [-0.2, 0) is 5.33 Å². The summed E-state index contributed by atoms with van der Waals surface area (Å²) in [4.78, 5) is 13.8. The first-order chi connectivity index (χ1) is 6.61. The molecule has 0 unspecified atom stereocenters. The standard InChI is InChI=1S/C8H6BrF2NO2/c9-1-4-5(8(10)11)2-12-6(3-13)7(4)14/h2-3,8,14H,1H2. The van der Waals surface area contributed by atoms with E-state index in [0.29, 0.717) is 6.29 Å². The lowest BCUT2D eigenvalue weighted by atomic mass is 10.1. The van der Waals surface area contributed by atoms with Gasteiger partial charge in [-0.15, -0.1) is 0 Å². The summed E-state index contributed by atoms with van der Waals surface area (Å²) in [6.45, 7) is 0. The first-order valence-corrected chi connectivity index (χ1v) is 4.74. The first kappa shape index (κ1) is 11.0. The molecule has 1 rings (SSSR count). The van der Waals surface area contributed by atoms with E-state index in [1.165, 1.54) is 0 Å². The molecule has 0 saturated carbocycles. The number of aromatic nitrogens is 1. The second-order valence-corrected chi connectivity index (χ2v) is 3.04. The second kappa shape index (κ2) is 4.45. The van der Waals surface area contributed by atoms with E-state index in [1.807, 2.05) is 0 Å². The summed E-state index contributed by atoms with van der Waals surface area (Å²) < 4.78 is 24.7. The summed E-state index contributed by atoms with van der Waals surface area (Å²) in [6, 6.07) is 0. The quantitative estimate of drug-likeness (QED) is 0.675. The number of halogens is 3. The number of aldehydes is 1. The summed E-state index contributed by atoms with van der Waals surface area (Å²) in [6.07, 6.45) is -1.51. The number of carbonyl (C=O) groups excluding carboxylic acids is 1. The van der Waals surface area contributed by atoms with E-state index < -0.39 is 12.2 Å². The van der Waals surface area contributed by atoms with Crippen LogP contribution in [0.3, 0.4) is 0 Å². The molecule has 0 saturated heterocycles. The van der Waals surface area contributed by atoms with Gasteiger partial charge in [0.15, 0.2) is 6.29 Å². The molecule has 1 aromatic rings. The highest BCUT2D eigenvalue weighted by atomic mass is 79.9. The largest absolute Gasteiger partial charge is 0.505 e. The molecule has 0 aliphatic carbocycles. The van der Waals surface area contributed by atoms with Crippen molar-refractivity contribution in [2.24, 2.45) is 0 Å². The zero-order valence-electron chi connectivity index (χ0n) is 6.88. The molecule has 76 valence electrons. The smallest absolute Gasteiger partial charge is 0.265 e. The Morgan fingerprint density at radius 3 is 2.71 bits per heavy atom. The van der Waals surface area contributed by atoms with E-state index in [1.54, 1.807) is 0 Å². The number of hydrogen-bond donors (Lipinski definition) is 1. The molecule has 0 atom stereocenters. The van der Waals surface area contributed by atoms with Crippen molar-refractivity contribution in [3.8, 4) is 5.75 Å². The molecule has 0 spiro atoms. The van der Waals surface area contributed by atoms with Crippen molar-refractivity contribution in [3.05, 3.63) is 23.0 Å². The van der Waals surface area contributed by atoms with Gasteiger partial charge in [0, 0.05) is 22.7 Å². The molecule has 3 nitrogen and oxygen atoms in total. The molecule has 0 bridgehead atoms. The lowest BCUT2D eigenvalue weighted by Crippen LogP contribution is -1.98. The molecule has 6 heteroatoms. The summed E-state index contributed by atoms with van der Waals surface area (Å²) >= 11 is 2.95. The van der Waals surface area contributed by atoms with Crippen LogP contribution in [0.4, 0.5) is 8.78 Å². The zero-order chi connectivity index (χ0) is 10.7. The lowest BCUT2D eigenvalue weighted by Gasteiger charge is -2.08. The van der Waals surface area contributed by atoms with Gasteiger partial charge in [0.1, 0.15) is 11.4 Å². The van der Waals surface area contributed by atoms with E-state index >= 15 is 0 Å². The lowest BCUT2D eigenvalue weighted by molar-refractivity contribution is 0.111. The highest BCUT2D eigenvalue weighted by molar-refractivity contribution is 9.08. The first-order valence-electron chi connectivity index (χ1n) is 3.61. The van der Waals surface area contributed by atoms with Crippen LogP contribution in [0.25, 0.3) is 0 Å². The molecule has 1 N–H and O–H groups in total. The predicted octanol–water partition coefficient (Wildman–Crippen LogP) is 2.43. The van der Waals surface area contributed by atoms with E-state index in [9.17, 15) is 18.7 Å². The average molecular weight is 266 g/mol. The van der Waals surface area contributed by atoms with Crippen molar-refractivity contribution in [1.29, 1.82) is 0 Å². The van der Waals surface area contributed by atoms with Gasteiger partial charge in [-0.3, -0.25) is 4.79 Å². The van der Waals surface area contributed by atoms with Crippen molar-refractivity contribution in [3.63, 3.8) is 0 Å². The monoisotopic (exact) mass is 265 g/mol. The molecule has 0 aliphatic heterocycles. The molecule has 0 amide bonds. The Morgan fingerprint density at radius 1 is 1.64 bits per heavy atom. The minimum Gasteiger partial charge on any atom is -0.505 e. The minimum absolute atomic E-state index is 0.00269. The van der Waals surface area contributed by atoms with Crippen molar-refractivity contribution >= 4 is 22.2 Å². The van der Waals surface area contributed by atoms with Gasteiger partial charge < -0.3 is 5.11 Å². The third kappa shape index (κ3) is 1.89. The average Bonchev–Trinajstić information content (AvgIpc) is 2.17. The number of carbonyl (C=O) groups is 1. The van der Waals surface area contributed by atoms with Crippen LogP contribution in [0.1, 0.15) is 28.0 Å². The van der Waals surface area contributed by atoms with Crippen LogP contribution in [0.2, 0.25) is 0 Å². The Kier molecular flexibility index (Phi) is 3.51. The van der Waals surface area contributed by atoms with E-state index in [-0.39, 0.29) is 22.2 Å². The normalized spacial score (nSPS) is 10.6. The van der Waals surface area contributed by atoms with E-state index in [2.05, 4.69) is 20.9 Å². The Bertz CT molecular complexity index is 357.